The molecule has 0 bridgehead atoms. The van der Waals surface area contributed by atoms with Crippen LogP contribution in [-0.2, 0) is 14.9 Å². The van der Waals surface area contributed by atoms with Crippen LogP contribution in [0.1, 0.15) is 57.4 Å². The first-order chi connectivity index (χ1) is 22.1. The third kappa shape index (κ3) is 5.86. The number of allylic oxidation sites excluding steroid dienone is 1. The smallest absolute Gasteiger partial charge is 0.338 e. The van der Waals surface area contributed by atoms with Gasteiger partial charge < -0.3 is 9.47 Å². The molecule has 0 fully saturated rings. The van der Waals surface area contributed by atoms with Crippen molar-refractivity contribution in [1.82, 2.24) is 14.3 Å². The molecule has 0 spiro atoms. The van der Waals surface area contributed by atoms with Crippen molar-refractivity contribution < 1.29 is 14.3 Å². The second-order valence-electron chi connectivity index (χ2n) is 12.1. The molecule has 2 aromatic heterocycles. The van der Waals surface area contributed by atoms with Crippen molar-refractivity contribution in [2.75, 3.05) is 13.7 Å². The van der Waals surface area contributed by atoms with E-state index in [0.717, 1.165) is 39.4 Å². The van der Waals surface area contributed by atoms with Gasteiger partial charge in [-0.05, 0) is 72.9 Å². The van der Waals surface area contributed by atoms with Crippen LogP contribution in [0.2, 0.25) is 0 Å². The molecule has 46 heavy (non-hydrogen) atoms. The molecule has 234 valence electrons. The summed E-state index contributed by atoms with van der Waals surface area (Å²) in [7, 11) is 1.35. The molecule has 3 heterocycles. The van der Waals surface area contributed by atoms with E-state index >= 15 is 0 Å². The molecule has 1 aliphatic rings. The van der Waals surface area contributed by atoms with E-state index in [1.54, 1.807) is 11.5 Å². The molecule has 1 atom stereocenters. The zero-order valence-corrected chi connectivity index (χ0v) is 27.6. The van der Waals surface area contributed by atoms with Crippen LogP contribution in [0, 0.1) is 0 Å². The second kappa shape index (κ2) is 12.4. The Morgan fingerprint density at radius 3 is 2.33 bits per heavy atom. The average Bonchev–Trinajstić information content (AvgIpc) is 3.61. The van der Waals surface area contributed by atoms with Crippen LogP contribution >= 0.6 is 11.3 Å². The standard InChI is InChI=1S/C37H36N4O4S/c1-7-45-29-19-15-24(16-20-29)32-26(22-40(39-32)28-11-9-8-10-12-28)21-30-34(42)41-33(25-13-17-27(18-14-25)37(3,4)5)31(35(43)44-6)23(2)38-36(41)46-30/h8-22,33H,7H2,1-6H3. The summed E-state index contributed by atoms with van der Waals surface area (Å²) < 4.78 is 14.7. The molecule has 1 unspecified atom stereocenters. The fourth-order valence-corrected chi connectivity index (χ4v) is 6.66. The van der Waals surface area contributed by atoms with Gasteiger partial charge in [-0.2, -0.15) is 5.10 Å². The predicted octanol–water partition coefficient (Wildman–Crippen LogP) is 5.96. The lowest BCUT2D eigenvalue weighted by atomic mass is 9.85. The van der Waals surface area contributed by atoms with Gasteiger partial charge in [-0.15, -0.1) is 0 Å². The highest BCUT2D eigenvalue weighted by molar-refractivity contribution is 7.07. The molecular weight excluding hydrogens is 596 g/mol. The fraction of sp³-hybridized carbons (Fsp3) is 0.243. The van der Waals surface area contributed by atoms with Crippen molar-refractivity contribution in [3.63, 3.8) is 0 Å². The number of hydrogen-bond donors (Lipinski definition) is 0. The lowest BCUT2D eigenvalue weighted by Gasteiger charge is -2.25. The minimum absolute atomic E-state index is 0.0465. The van der Waals surface area contributed by atoms with Gasteiger partial charge in [0.2, 0.25) is 0 Å². The Labute approximate surface area is 271 Å². The number of nitrogens with zero attached hydrogens (tertiary/aromatic N) is 4. The van der Waals surface area contributed by atoms with Crippen molar-refractivity contribution >= 4 is 23.4 Å². The van der Waals surface area contributed by atoms with Gasteiger partial charge in [0, 0.05) is 17.3 Å². The summed E-state index contributed by atoms with van der Waals surface area (Å²) >= 11 is 1.29. The van der Waals surface area contributed by atoms with Crippen LogP contribution in [0.15, 0.2) is 106 Å². The average molecular weight is 633 g/mol. The highest BCUT2D eigenvalue weighted by Crippen LogP contribution is 2.32. The maximum Gasteiger partial charge on any atom is 0.338 e. The minimum atomic E-state index is -0.683. The van der Waals surface area contributed by atoms with Gasteiger partial charge >= 0.3 is 5.97 Å². The number of ether oxygens (including phenoxy) is 2. The van der Waals surface area contributed by atoms with Crippen LogP contribution in [-0.4, -0.2) is 34.0 Å². The van der Waals surface area contributed by atoms with E-state index in [-0.39, 0.29) is 11.0 Å². The number of esters is 1. The molecule has 0 radical (unpaired) electrons. The Morgan fingerprint density at radius 1 is 1.00 bits per heavy atom. The van der Waals surface area contributed by atoms with Crippen molar-refractivity contribution in [2.24, 2.45) is 4.99 Å². The number of rotatable bonds is 7. The van der Waals surface area contributed by atoms with Crippen molar-refractivity contribution in [3.05, 3.63) is 133 Å². The van der Waals surface area contributed by atoms with E-state index in [0.29, 0.717) is 27.2 Å². The highest BCUT2D eigenvalue weighted by atomic mass is 32.1. The molecule has 8 nitrogen and oxygen atoms in total. The monoisotopic (exact) mass is 632 g/mol. The summed E-state index contributed by atoms with van der Waals surface area (Å²) in [5.74, 6) is 0.262. The molecule has 5 aromatic rings. The van der Waals surface area contributed by atoms with E-state index in [1.165, 1.54) is 18.4 Å². The number of fused-ring (bicyclic) bond motifs is 1. The number of carbonyl (C=O) groups is 1. The topological polar surface area (TPSA) is 87.7 Å². The van der Waals surface area contributed by atoms with Gasteiger partial charge in [0.15, 0.2) is 4.80 Å². The minimum Gasteiger partial charge on any atom is -0.494 e. The molecule has 6 rings (SSSR count). The SMILES string of the molecule is CCOc1ccc(-c2nn(-c3ccccc3)cc2C=c2sc3n(c2=O)C(c2ccc(C(C)(C)C)cc2)C(C(=O)OC)=C(C)N=3)cc1. The van der Waals surface area contributed by atoms with Gasteiger partial charge in [-0.1, -0.05) is 74.6 Å². The largest absolute Gasteiger partial charge is 0.494 e. The van der Waals surface area contributed by atoms with Gasteiger partial charge in [0.05, 0.1) is 41.2 Å². The molecule has 0 aliphatic carbocycles. The Hall–Kier alpha value is -5.02. The maximum absolute atomic E-state index is 14.3. The van der Waals surface area contributed by atoms with Gasteiger partial charge in [0.1, 0.15) is 11.4 Å². The lowest BCUT2D eigenvalue weighted by Crippen LogP contribution is -2.39. The number of methoxy groups -OCH3 is 1. The van der Waals surface area contributed by atoms with Crippen LogP contribution in [0.4, 0.5) is 0 Å². The molecule has 0 saturated carbocycles. The van der Waals surface area contributed by atoms with Crippen LogP contribution in [0.5, 0.6) is 5.75 Å². The van der Waals surface area contributed by atoms with Crippen LogP contribution < -0.4 is 19.6 Å². The molecule has 9 heteroatoms. The number of para-hydroxylation sites is 1. The van der Waals surface area contributed by atoms with Crippen molar-refractivity contribution in [1.29, 1.82) is 0 Å². The molecular formula is C37H36N4O4S. The van der Waals surface area contributed by atoms with E-state index in [4.69, 9.17) is 19.6 Å². The third-order valence-corrected chi connectivity index (χ3v) is 8.99. The predicted molar refractivity (Wildman–Crippen MR) is 181 cm³/mol. The molecule has 0 amide bonds. The third-order valence-electron chi connectivity index (χ3n) is 8.01. The summed E-state index contributed by atoms with van der Waals surface area (Å²) in [6.45, 7) is 10.8. The zero-order chi connectivity index (χ0) is 32.6. The summed E-state index contributed by atoms with van der Waals surface area (Å²) in [6.07, 6.45) is 3.78. The maximum atomic E-state index is 14.3. The highest BCUT2D eigenvalue weighted by Gasteiger charge is 2.33. The van der Waals surface area contributed by atoms with Crippen molar-refractivity contribution in [2.45, 2.75) is 46.1 Å². The molecule has 0 saturated heterocycles. The van der Waals surface area contributed by atoms with Crippen molar-refractivity contribution in [3.8, 4) is 22.7 Å². The van der Waals surface area contributed by atoms with E-state index < -0.39 is 12.0 Å². The molecule has 0 N–H and O–H groups in total. The molecule has 1 aliphatic heterocycles. The quantitative estimate of drug-likeness (QED) is 0.207. The van der Waals surface area contributed by atoms with E-state index in [2.05, 4.69) is 32.9 Å². The number of benzene rings is 3. The van der Waals surface area contributed by atoms with Gasteiger partial charge in [0.25, 0.3) is 5.56 Å². The van der Waals surface area contributed by atoms with E-state index in [9.17, 15) is 9.59 Å². The Kier molecular flexibility index (Phi) is 8.35. The first-order valence-corrected chi connectivity index (χ1v) is 16.0. The number of thiazole rings is 1. The first kappa shape index (κ1) is 31.0. The first-order valence-electron chi connectivity index (χ1n) is 15.2. The Balaban J connectivity index is 1.53. The van der Waals surface area contributed by atoms with Crippen LogP contribution in [0.25, 0.3) is 23.0 Å². The summed E-state index contributed by atoms with van der Waals surface area (Å²) in [6, 6.07) is 25.0. The summed E-state index contributed by atoms with van der Waals surface area (Å²) in [5.41, 5.74) is 5.82. The number of hydrogen-bond acceptors (Lipinski definition) is 7. The number of carbonyl (C=O) groups excluding carboxylic acids is 1. The Morgan fingerprint density at radius 2 is 1.70 bits per heavy atom. The normalized spacial score (nSPS) is 15.0. The van der Waals surface area contributed by atoms with Crippen LogP contribution in [0.3, 0.4) is 0 Å². The van der Waals surface area contributed by atoms with Gasteiger partial charge in [-0.3, -0.25) is 9.36 Å². The van der Waals surface area contributed by atoms with E-state index in [1.807, 2.05) is 90.6 Å². The van der Waals surface area contributed by atoms with Gasteiger partial charge in [-0.25, -0.2) is 14.5 Å². The zero-order valence-electron chi connectivity index (χ0n) is 26.8. The molecule has 3 aromatic carbocycles. The number of aromatic nitrogens is 3. The summed E-state index contributed by atoms with van der Waals surface area (Å²) in [5, 5.41) is 4.93. The summed E-state index contributed by atoms with van der Waals surface area (Å²) in [4.78, 5) is 32.7. The Bertz CT molecular complexity index is 2110. The fourth-order valence-electron chi connectivity index (χ4n) is 5.62. The lowest BCUT2D eigenvalue weighted by molar-refractivity contribution is -0.136. The second-order valence-corrected chi connectivity index (χ2v) is 13.1.